The Hall–Kier alpha value is -5.75. The Bertz CT molecular complexity index is 1960. The molecule has 3 aliphatic heterocycles. The third kappa shape index (κ3) is 6.81. The van der Waals surface area contributed by atoms with Crippen molar-refractivity contribution in [2.24, 2.45) is 5.16 Å². The number of carbonyl (C=O) groups is 5. The van der Waals surface area contributed by atoms with Crippen LogP contribution in [0.25, 0.3) is 0 Å². The number of β-lactam (4-membered cyclic amide) rings is 1. The van der Waals surface area contributed by atoms with Gasteiger partial charge in [-0.3, -0.25) is 24.1 Å². The fourth-order valence-corrected chi connectivity index (χ4v) is 7.43. The van der Waals surface area contributed by atoms with Crippen LogP contribution < -0.4 is 26.0 Å². The van der Waals surface area contributed by atoms with Gasteiger partial charge in [-0.25, -0.2) is 4.98 Å². The number of amides is 4. The molecular formula is C31H28N8O8S2. The fourth-order valence-electron chi connectivity index (χ4n) is 5.58. The summed E-state index contributed by atoms with van der Waals surface area (Å²) in [4.78, 5) is 70.3. The highest BCUT2D eigenvalue weighted by Crippen LogP contribution is 2.41. The highest BCUT2D eigenvalue weighted by molar-refractivity contribution is 8.00. The molecule has 18 heteroatoms. The molecule has 2 atom stereocenters. The van der Waals surface area contributed by atoms with Gasteiger partial charge in [0, 0.05) is 41.9 Å². The number of hydrogen-bond donors (Lipinski definition) is 5. The van der Waals surface area contributed by atoms with E-state index < -0.39 is 34.9 Å². The number of thiazole rings is 1. The number of aromatic hydroxyl groups is 1. The lowest BCUT2D eigenvalue weighted by Crippen LogP contribution is -2.71. The molecule has 49 heavy (non-hydrogen) atoms. The van der Waals surface area contributed by atoms with Crippen LogP contribution in [0.15, 0.2) is 82.2 Å². The van der Waals surface area contributed by atoms with E-state index >= 15 is 0 Å². The SMILES string of the molecule is Nc1nc(C(=NO)C(=O)N[C@@H]2C(=O)N3C(C(=O)[O-])=C(C=C4CCN(Cc5cc[n+](CC(=O)Nc6ccccc6O)cc5)C4=O)CS[C@H]23)cs1. The van der Waals surface area contributed by atoms with Gasteiger partial charge >= 0.3 is 0 Å². The summed E-state index contributed by atoms with van der Waals surface area (Å²) < 4.78 is 1.65. The normalized spacial score (nSPS) is 19.9. The number of aliphatic carboxylic acids is 1. The molecule has 0 saturated carbocycles. The van der Waals surface area contributed by atoms with E-state index in [0.717, 1.165) is 21.8 Å². The molecule has 2 saturated heterocycles. The minimum absolute atomic E-state index is 0.00558. The fraction of sp³-hybridized carbons (Fsp3) is 0.226. The molecule has 4 amide bonds. The van der Waals surface area contributed by atoms with E-state index in [0.29, 0.717) is 24.2 Å². The highest BCUT2D eigenvalue weighted by Gasteiger charge is 2.53. The number of para-hydroxylation sites is 2. The number of nitrogens with zero attached hydrogens (tertiary/aromatic N) is 5. The third-order valence-electron chi connectivity index (χ3n) is 7.96. The van der Waals surface area contributed by atoms with E-state index in [-0.39, 0.29) is 58.5 Å². The molecule has 6 N–H and O–H groups in total. The number of fused-ring (bicyclic) bond motifs is 1. The first kappa shape index (κ1) is 33.2. The lowest BCUT2D eigenvalue weighted by atomic mass is 10.0. The summed E-state index contributed by atoms with van der Waals surface area (Å²) in [5, 5.41) is 40.3. The number of phenolic OH excluding ortho intramolecular Hbond substituents is 1. The lowest BCUT2D eigenvalue weighted by Gasteiger charge is -2.50. The van der Waals surface area contributed by atoms with Crippen molar-refractivity contribution in [3.63, 3.8) is 0 Å². The van der Waals surface area contributed by atoms with Gasteiger partial charge in [-0.15, -0.1) is 23.1 Å². The van der Waals surface area contributed by atoms with Crippen LogP contribution in [-0.2, 0) is 37.1 Å². The number of carboxylic acid groups (broad SMARTS) is 1. The summed E-state index contributed by atoms with van der Waals surface area (Å²) in [6, 6.07) is 8.87. The van der Waals surface area contributed by atoms with Crippen LogP contribution in [0.3, 0.4) is 0 Å². The van der Waals surface area contributed by atoms with Crippen LogP contribution in [0.4, 0.5) is 10.8 Å². The standard InChI is InChI=1S/C31H28N8O8S2/c32-31-34-20(15-49-31)23(36-47)26(42)35-24-28(44)39-25(30(45)46)18(14-48-29(24)39)11-17-7-10-38(27(17)43)12-16-5-8-37(9-6-16)13-22(41)33-19-3-1-2-4-21(19)40/h1-6,8-9,11,15,24,29H,7,10,12-14H2,(H6-,32,33,34,35,36,40,41,42,45,46,47)/t24-,29-/m1/s1. The number of benzene rings is 1. The second-order valence-electron chi connectivity index (χ2n) is 11.1. The molecule has 0 radical (unpaired) electrons. The molecule has 0 unspecified atom stereocenters. The monoisotopic (exact) mass is 704 g/mol. The third-order valence-corrected chi connectivity index (χ3v) is 9.93. The van der Waals surface area contributed by atoms with Gasteiger partial charge in [0.05, 0.1) is 17.4 Å². The second kappa shape index (κ2) is 13.8. The van der Waals surface area contributed by atoms with Gasteiger partial charge in [0.15, 0.2) is 23.2 Å². The quantitative estimate of drug-likeness (QED) is 0.0337. The Morgan fingerprint density at radius 1 is 1.18 bits per heavy atom. The molecule has 252 valence electrons. The maximum absolute atomic E-state index is 13.3. The van der Waals surface area contributed by atoms with Crippen molar-refractivity contribution in [3.8, 4) is 5.75 Å². The van der Waals surface area contributed by atoms with Gasteiger partial charge in [-0.1, -0.05) is 17.3 Å². The largest absolute Gasteiger partial charge is 0.543 e. The minimum Gasteiger partial charge on any atom is -0.543 e. The van der Waals surface area contributed by atoms with Gasteiger partial charge in [0.2, 0.25) is 12.5 Å². The van der Waals surface area contributed by atoms with Gasteiger partial charge < -0.3 is 41.5 Å². The summed E-state index contributed by atoms with van der Waals surface area (Å²) in [5.74, 6) is -3.71. The van der Waals surface area contributed by atoms with Crippen molar-refractivity contribution in [1.82, 2.24) is 20.1 Å². The van der Waals surface area contributed by atoms with Gasteiger partial charge in [-0.05, 0) is 35.8 Å². The summed E-state index contributed by atoms with van der Waals surface area (Å²) in [7, 11) is 0. The van der Waals surface area contributed by atoms with Crippen molar-refractivity contribution in [3.05, 3.63) is 88.3 Å². The van der Waals surface area contributed by atoms with Crippen molar-refractivity contribution in [1.29, 1.82) is 0 Å². The number of aromatic nitrogens is 2. The summed E-state index contributed by atoms with van der Waals surface area (Å²) >= 11 is 2.23. The van der Waals surface area contributed by atoms with Crippen molar-refractivity contribution < 1.29 is 44.0 Å². The lowest BCUT2D eigenvalue weighted by molar-refractivity contribution is -0.684. The zero-order chi connectivity index (χ0) is 34.8. The van der Waals surface area contributed by atoms with Crippen molar-refractivity contribution in [2.75, 3.05) is 23.3 Å². The van der Waals surface area contributed by atoms with Crippen LogP contribution in [0.5, 0.6) is 5.75 Å². The van der Waals surface area contributed by atoms with Gasteiger partial charge in [0.25, 0.3) is 17.7 Å². The predicted octanol–water partition coefficient (Wildman–Crippen LogP) is -0.702. The van der Waals surface area contributed by atoms with E-state index in [4.69, 9.17) is 5.73 Å². The van der Waals surface area contributed by atoms with Crippen LogP contribution in [0, 0.1) is 0 Å². The maximum atomic E-state index is 13.3. The Kier molecular flexibility index (Phi) is 9.32. The Morgan fingerprint density at radius 3 is 2.61 bits per heavy atom. The molecule has 0 aliphatic carbocycles. The molecule has 1 aromatic carbocycles. The van der Waals surface area contributed by atoms with Crippen molar-refractivity contribution in [2.45, 2.75) is 30.9 Å². The Morgan fingerprint density at radius 2 is 1.94 bits per heavy atom. The van der Waals surface area contributed by atoms with E-state index in [2.05, 4.69) is 20.8 Å². The van der Waals surface area contributed by atoms with Gasteiger partial charge in [0.1, 0.15) is 22.9 Å². The smallest absolute Gasteiger partial charge is 0.290 e. The number of allylic oxidation sites excluding steroid dienone is 1. The number of carboxylic acids is 1. The van der Waals surface area contributed by atoms with E-state index in [1.807, 2.05) is 0 Å². The van der Waals surface area contributed by atoms with Crippen molar-refractivity contribution >= 4 is 69.2 Å². The van der Waals surface area contributed by atoms with E-state index in [1.165, 1.54) is 29.3 Å². The molecule has 16 nitrogen and oxygen atoms in total. The minimum atomic E-state index is -1.60. The van der Waals surface area contributed by atoms with E-state index in [9.17, 15) is 39.4 Å². The summed E-state index contributed by atoms with van der Waals surface area (Å²) in [6.45, 7) is 0.678. The number of rotatable bonds is 10. The first-order valence-corrected chi connectivity index (χ1v) is 16.7. The molecule has 0 spiro atoms. The first-order valence-electron chi connectivity index (χ1n) is 14.7. The predicted molar refractivity (Wildman–Crippen MR) is 173 cm³/mol. The zero-order valence-electron chi connectivity index (χ0n) is 25.4. The average Bonchev–Trinajstić information content (AvgIpc) is 3.66. The number of hydrogen-bond acceptors (Lipinski definition) is 13. The molecule has 6 rings (SSSR count). The molecule has 3 aromatic rings. The molecule has 2 fully saturated rings. The number of nitrogens with one attached hydrogen (secondary N) is 2. The highest BCUT2D eigenvalue weighted by atomic mass is 32.2. The molecule has 2 aromatic heterocycles. The van der Waals surface area contributed by atoms with Crippen LogP contribution in [0.2, 0.25) is 0 Å². The van der Waals surface area contributed by atoms with Gasteiger partial charge in [-0.2, -0.15) is 4.57 Å². The first-order chi connectivity index (χ1) is 23.5. The van der Waals surface area contributed by atoms with E-state index in [1.54, 1.807) is 52.2 Å². The average molecular weight is 705 g/mol. The Balaban J connectivity index is 1.08. The topological polar surface area (TPSA) is 235 Å². The molecule has 0 bridgehead atoms. The summed E-state index contributed by atoms with van der Waals surface area (Å²) in [5.41, 5.74) is 6.51. The maximum Gasteiger partial charge on any atom is 0.290 e. The summed E-state index contributed by atoms with van der Waals surface area (Å²) in [6.07, 6.45) is 5.25. The number of carbonyl (C=O) groups excluding carboxylic acids is 5. The number of oxime groups is 1. The Labute approximate surface area is 286 Å². The molecule has 3 aliphatic rings. The molecule has 5 heterocycles. The second-order valence-corrected chi connectivity index (χ2v) is 13.1. The molecular weight excluding hydrogens is 677 g/mol. The zero-order valence-corrected chi connectivity index (χ0v) is 27.1. The number of thioether (sulfide) groups is 1. The number of pyridine rings is 1. The van der Waals surface area contributed by atoms with Crippen LogP contribution >= 0.6 is 23.1 Å². The van der Waals surface area contributed by atoms with Crippen LogP contribution in [0.1, 0.15) is 17.7 Å². The van der Waals surface area contributed by atoms with Crippen LogP contribution in [-0.4, -0.2) is 84.1 Å². The number of phenols is 1. The number of nitrogens with two attached hydrogens (primary N) is 1. The number of likely N-dealkylation sites (tertiary alicyclic amines) is 1. The number of anilines is 2. The number of nitrogen functional groups attached to an aromatic ring is 1.